The summed E-state index contributed by atoms with van der Waals surface area (Å²) in [4.78, 5) is 13.5. The van der Waals surface area contributed by atoms with Crippen LogP contribution in [-0.4, -0.2) is 38.6 Å². The number of nitrogens with one attached hydrogen (secondary N) is 1. The third kappa shape index (κ3) is 4.01. The molecule has 5 nitrogen and oxygen atoms in total. The van der Waals surface area contributed by atoms with E-state index in [9.17, 15) is 22.0 Å². The van der Waals surface area contributed by atoms with Crippen LogP contribution in [0, 0.1) is 5.82 Å². The molecule has 114 valence electrons. The van der Waals surface area contributed by atoms with Crippen molar-refractivity contribution in [3.63, 3.8) is 0 Å². The average molecular weight is 316 g/mol. The van der Waals surface area contributed by atoms with Crippen LogP contribution < -0.4 is 4.72 Å². The lowest BCUT2D eigenvalue weighted by molar-refractivity contribution is 0.0756. The highest BCUT2D eigenvalue weighted by atomic mass is 32.2. The number of carbonyl (C=O) groups is 1. The molecule has 1 aliphatic rings. The monoisotopic (exact) mass is 316 g/mol. The molecule has 0 saturated carbocycles. The lowest BCUT2D eigenvalue weighted by atomic mass is 10.1. The van der Waals surface area contributed by atoms with E-state index in [-0.39, 0.29) is 17.8 Å². The molecule has 1 N–H and O–H groups in total. The van der Waals surface area contributed by atoms with E-state index < -0.39 is 27.6 Å². The predicted molar refractivity (Wildman–Crippen MR) is 74.6 cm³/mol. The van der Waals surface area contributed by atoms with Gasteiger partial charge in [0, 0.05) is 6.54 Å². The number of carbonyl (C=O) groups excluding carboxylic acids is 1. The van der Waals surface area contributed by atoms with Crippen molar-refractivity contribution < 1.29 is 22.0 Å². The van der Waals surface area contributed by atoms with Gasteiger partial charge in [0.15, 0.2) is 0 Å². The molecule has 2 rings (SSSR count). The fraction of sp³-hybridized carbons (Fsp3) is 0.308. The van der Waals surface area contributed by atoms with Gasteiger partial charge in [0.2, 0.25) is 10.0 Å². The van der Waals surface area contributed by atoms with Gasteiger partial charge in [-0.15, -0.1) is 0 Å². The van der Waals surface area contributed by atoms with E-state index in [2.05, 4.69) is 4.72 Å². The van der Waals surface area contributed by atoms with Crippen LogP contribution in [-0.2, 0) is 10.0 Å². The van der Waals surface area contributed by atoms with Crippen molar-refractivity contribution in [1.29, 1.82) is 0 Å². The number of hydrogen-bond acceptors (Lipinski definition) is 3. The van der Waals surface area contributed by atoms with Crippen molar-refractivity contribution in [2.45, 2.75) is 6.42 Å². The summed E-state index contributed by atoms with van der Waals surface area (Å²) in [7, 11) is -3.62. The average Bonchev–Trinajstić information content (AvgIpc) is 2.38. The Kier molecular flexibility index (Phi) is 4.26. The lowest BCUT2D eigenvalue weighted by Crippen LogP contribution is -2.35. The molecule has 0 spiro atoms. The summed E-state index contributed by atoms with van der Waals surface area (Å²) >= 11 is 0. The van der Waals surface area contributed by atoms with Crippen molar-refractivity contribution in [2.75, 3.05) is 24.1 Å². The first-order valence-electron chi connectivity index (χ1n) is 6.17. The van der Waals surface area contributed by atoms with E-state index in [0.29, 0.717) is 13.0 Å². The highest BCUT2D eigenvalue weighted by Gasteiger charge is 2.23. The molecule has 0 radical (unpaired) electrons. The SMILES string of the molecule is CS(=O)(=O)Nc1ccc(F)cc1C(=O)N1CCC=C(F)C1. The summed E-state index contributed by atoms with van der Waals surface area (Å²) in [5.41, 5.74) is -0.172. The Morgan fingerprint density at radius 2 is 2.05 bits per heavy atom. The quantitative estimate of drug-likeness (QED) is 0.926. The minimum absolute atomic E-state index is 0.0288. The molecule has 0 saturated heterocycles. The summed E-state index contributed by atoms with van der Waals surface area (Å²) in [6.45, 7) is 0.0920. The van der Waals surface area contributed by atoms with Gasteiger partial charge in [-0.3, -0.25) is 9.52 Å². The van der Waals surface area contributed by atoms with Crippen LogP contribution in [0.4, 0.5) is 14.5 Å². The second kappa shape index (κ2) is 5.80. The standard InChI is InChI=1S/C13H14F2N2O3S/c1-21(19,20)16-12-5-4-9(14)7-11(12)13(18)17-6-2-3-10(15)8-17/h3-5,7,16H,2,6,8H2,1H3. The highest BCUT2D eigenvalue weighted by molar-refractivity contribution is 7.92. The minimum Gasteiger partial charge on any atom is -0.332 e. The van der Waals surface area contributed by atoms with Crippen molar-refractivity contribution >= 4 is 21.6 Å². The fourth-order valence-corrected chi connectivity index (χ4v) is 2.61. The molecule has 0 atom stereocenters. The zero-order valence-corrected chi connectivity index (χ0v) is 12.1. The van der Waals surface area contributed by atoms with Crippen molar-refractivity contribution in [2.24, 2.45) is 0 Å². The smallest absolute Gasteiger partial charge is 0.256 e. The first-order valence-corrected chi connectivity index (χ1v) is 8.06. The molecule has 8 heteroatoms. The van der Waals surface area contributed by atoms with Gasteiger partial charge in [0.25, 0.3) is 5.91 Å². The Labute approximate surface area is 121 Å². The Morgan fingerprint density at radius 3 is 2.67 bits per heavy atom. The summed E-state index contributed by atoms with van der Waals surface area (Å²) in [6.07, 6.45) is 2.67. The molecule has 0 aromatic heterocycles. The molecule has 0 fully saturated rings. The largest absolute Gasteiger partial charge is 0.332 e. The molecule has 1 heterocycles. The minimum atomic E-state index is -3.62. The molecular weight excluding hydrogens is 302 g/mol. The molecule has 0 unspecified atom stereocenters. The third-order valence-electron chi connectivity index (χ3n) is 2.90. The first kappa shape index (κ1) is 15.4. The van der Waals surface area contributed by atoms with E-state index in [1.165, 1.54) is 17.0 Å². The van der Waals surface area contributed by atoms with Crippen LogP contribution in [0.1, 0.15) is 16.8 Å². The normalized spacial score (nSPS) is 15.6. The van der Waals surface area contributed by atoms with Gasteiger partial charge in [0.05, 0.1) is 24.1 Å². The Bertz CT molecular complexity index is 701. The maximum atomic E-state index is 13.4. The summed E-state index contributed by atoms with van der Waals surface area (Å²) in [5.74, 6) is -1.74. The number of benzene rings is 1. The molecule has 1 aromatic rings. The van der Waals surface area contributed by atoms with Gasteiger partial charge in [-0.25, -0.2) is 17.2 Å². The molecule has 0 bridgehead atoms. The van der Waals surface area contributed by atoms with Crippen molar-refractivity contribution in [3.05, 3.63) is 41.5 Å². The van der Waals surface area contributed by atoms with Crippen LogP contribution in [0.3, 0.4) is 0 Å². The van der Waals surface area contributed by atoms with Crippen molar-refractivity contribution in [3.8, 4) is 0 Å². The van der Waals surface area contributed by atoms with Gasteiger partial charge in [-0.1, -0.05) is 0 Å². The second-order valence-corrected chi connectivity index (χ2v) is 6.48. The number of halogens is 2. The van der Waals surface area contributed by atoms with Gasteiger partial charge in [0.1, 0.15) is 11.6 Å². The maximum absolute atomic E-state index is 13.4. The molecular formula is C13H14F2N2O3S. The number of amides is 1. The van der Waals surface area contributed by atoms with Crippen LogP contribution >= 0.6 is 0 Å². The fourth-order valence-electron chi connectivity index (χ4n) is 2.03. The topological polar surface area (TPSA) is 66.5 Å². The van der Waals surface area contributed by atoms with E-state index in [1.54, 1.807) is 0 Å². The number of rotatable bonds is 3. The zero-order chi connectivity index (χ0) is 15.6. The number of anilines is 1. The van der Waals surface area contributed by atoms with E-state index in [0.717, 1.165) is 18.4 Å². The first-order chi connectivity index (χ1) is 9.76. The Balaban J connectivity index is 2.35. The maximum Gasteiger partial charge on any atom is 0.256 e. The van der Waals surface area contributed by atoms with Gasteiger partial charge in [-0.2, -0.15) is 0 Å². The Morgan fingerprint density at radius 1 is 1.33 bits per heavy atom. The predicted octanol–water partition coefficient (Wildman–Crippen LogP) is 1.90. The van der Waals surface area contributed by atoms with E-state index in [4.69, 9.17) is 0 Å². The molecule has 1 aliphatic heterocycles. The van der Waals surface area contributed by atoms with Crippen LogP contribution in [0.15, 0.2) is 30.1 Å². The molecule has 1 aromatic carbocycles. The van der Waals surface area contributed by atoms with Crippen LogP contribution in [0.5, 0.6) is 0 Å². The van der Waals surface area contributed by atoms with E-state index >= 15 is 0 Å². The lowest BCUT2D eigenvalue weighted by Gasteiger charge is -2.25. The van der Waals surface area contributed by atoms with Gasteiger partial charge in [-0.05, 0) is 30.7 Å². The summed E-state index contributed by atoms with van der Waals surface area (Å²) < 4.78 is 51.3. The molecule has 21 heavy (non-hydrogen) atoms. The van der Waals surface area contributed by atoms with E-state index in [1.807, 2.05) is 0 Å². The number of sulfonamides is 1. The zero-order valence-electron chi connectivity index (χ0n) is 11.3. The number of hydrogen-bond donors (Lipinski definition) is 1. The second-order valence-electron chi connectivity index (χ2n) is 4.73. The van der Waals surface area contributed by atoms with Gasteiger partial charge >= 0.3 is 0 Å². The Hall–Kier alpha value is -1.96. The van der Waals surface area contributed by atoms with Crippen molar-refractivity contribution in [1.82, 2.24) is 4.90 Å². The highest BCUT2D eigenvalue weighted by Crippen LogP contribution is 2.22. The summed E-state index contributed by atoms with van der Waals surface area (Å²) in [5, 5.41) is 0. The molecule has 1 amide bonds. The third-order valence-corrected chi connectivity index (χ3v) is 3.49. The van der Waals surface area contributed by atoms with Gasteiger partial charge < -0.3 is 4.90 Å². The summed E-state index contributed by atoms with van der Waals surface area (Å²) in [6, 6.07) is 3.15. The van der Waals surface area contributed by atoms with Crippen LogP contribution in [0.25, 0.3) is 0 Å². The molecule has 0 aliphatic carbocycles. The number of nitrogens with zero attached hydrogens (tertiary/aromatic N) is 1. The van der Waals surface area contributed by atoms with Crippen LogP contribution in [0.2, 0.25) is 0 Å².